The number of aromatic hydroxyl groups is 1. The van der Waals surface area contributed by atoms with Crippen molar-refractivity contribution < 1.29 is 24.3 Å². The molecule has 4 unspecified atom stereocenters. The van der Waals surface area contributed by atoms with E-state index >= 15 is 0 Å². The van der Waals surface area contributed by atoms with Crippen LogP contribution in [-0.4, -0.2) is 40.4 Å². The van der Waals surface area contributed by atoms with Crippen molar-refractivity contribution in [3.8, 4) is 5.75 Å². The summed E-state index contributed by atoms with van der Waals surface area (Å²) in [5.41, 5.74) is 4.46. The second-order valence-corrected chi connectivity index (χ2v) is 9.47. The fraction of sp³-hybridized carbons (Fsp3) is 0.385. The van der Waals surface area contributed by atoms with Gasteiger partial charge in [0.1, 0.15) is 5.75 Å². The van der Waals surface area contributed by atoms with Crippen molar-refractivity contribution in [3.05, 3.63) is 63.3 Å². The third kappa shape index (κ3) is 2.65. The molecule has 0 spiro atoms. The minimum atomic E-state index is -0.515. The normalized spacial score (nSPS) is 29.6. The molecule has 0 saturated carbocycles. The molecule has 4 atom stereocenters. The van der Waals surface area contributed by atoms with E-state index in [4.69, 9.17) is 0 Å². The molecule has 32 heavy (non-hydrogen) atoms. The van der Waals surface area contributed by atoms with Crippen LogP contribution >= 0.6 is 0 Å². The predicted molar refractivity (Wildman–Crippen MR) is 117 cm³/mol. The lowest BCUT2D eigenvalue weighted by Gasteiger charge is -2.42. The lowest BCUT2D eigenvalue weighted by molar-refractivity contribution is -0.138. The lowest BCUT2D eigenvalue weighted by atomic mass is 9.59. The number of nitrogens with zero attached hydrogens (tertiary/aromatic N) is 1. The zero-order valence-electron chi connectivity index (χ0n) is 18.6. The number of phenolic OH excluding ortho intramolecular Hbond substituents is 1. The molecular weight excluding hydrogens is 406 g/mol. The van der Waals surface area contributed by atoms with Crippen LogP contribution in [0.2, 0.25) is 0 Å². The van der Waals surface area contributed by atoms with Gasteiger partial charge in [0.25, 0.3) is 0 Å². The summed E-state index contributed by atoms with van der Waals surface area (Å²) in [6, 6.07) is 3.71. The van der Waals surface area contributed by atoms with E-state index < -0.39 is 17.8 Å². The highest BCUT2D eigenvalue weighted by Crippen LogP contribution is 2.55. The third-order valence-corrected chi connectivity index (χ3v) is 7.63. The van der Waals surface area contributed by atoms with Crippen molar-refractivity contribution in [1.82, 2.24) is 4.90 Å². The number of phenols is 1. The van der Waals surface area contributed by atoms with Crippen molar-refractivity contribution >= 4 is 23.4 Å². The number of Topliss-reactive ketones (excluding diaryl/α,β-unsaturated/α-hetero) is 1. The standard InChI is InChI=1S/C26H25NO5/c1-11-7-14(8-12(2)23(11)29)20-15-5-6-16-21(26(32)27(4)25(16)31)17(15)10-18-19(28)9-13(3)24(30)22(18)20/h5,7-9,16-17,20-21,29H,6,10H2,1-4H3. The Balaban J connectivity index is 1.74. The van der Waals surface area contributed by atoms with Gasteiger partial charge in [0.05, 0.1) is 11.8 Å². The molecule has 0 radical (unpaired) electrons. The van der Waals surface area contributed by atoms with E-state index in [0.29, 0.717) is 34.3 Å². The predicted octanol–water partition coefficient (Wildman–Crippen LogP) is 3.07. The van der Waals surface area contributed by atoms with E-state index in [9.17, 15) is 24.3 Å². The molecule has 0 bridgehead atoms. The molecule has 1 heterocycles. The number of rotatable bonds is 1. The Hall–Kier alpha value is -3.28. The summed E-state index contributed by atoms with van der Waals surface area (Å²) in [5.74, 6) is -2.25. The third-order valence-electron chi connectivity index (χ3n) is 7.63. The summed E-state index contributed by atoms with van der Waals surface area (Å²) in [6.45, 7) is 5.26. The molecule has 2 amide bonds. The van der Waals surface area contributed by atoms with Gasteiger partial charge < -0.3 is 5.11 Å². The van der Waals surface area contributed by atoms with Crippen LogP contribution in [0, 0.1) is 31.6 Å². The van der Waals surface area contributed by atoms with Gasteiger partial charge in [-0.3, -0.25) is 24.1 Å². The lowest BCUT2D eigenvalue weighted by Crippen LogP contribution is -2.39. The van der Waals surface area contributed by atoms with Gasteiger partial charge in [-0.1, -0.05) is 23.8 Å². The van der Waals surface area contributed by atoms with E-state index in [1.165, 1.54) is 18.0 Å². The SMILES string of the molecule is CC1=CC(=O)C2=C(C1=O)C(c1cc(C)c(O)c(C)c1)C1=CCC3C(=O)N(C)C(=O)C3C1C2. The molecule has 1 aliphatic heterocycles. The second kappa shape index (κ2) is 6.86. The summed E-state index contributed by atoms with van der Waals surface area (Å²) >= 11 is 0. The van der Waals surface area contributed by atoms with Gasteiger partial charge >= 0.3 is 0 Å². The smallest absolute Gasteiger partial charge is 0.233 e. The first-order chi connectivity index (χ1) is 15.1. The van der Waals surface area contributed by atoms with Crippen LogP contribution in [-0.2, 0) is 19.2 Å². The Morgan fingerprint density at radius 2 is 1.62 bits per heavy atom. The number of amides is 2. The molecule has 1 fully saturated rings. The quantitative estimate of drug-likeness (QED) is 0.419. The Kier molecular flexibility index (Phi) is 4.42. The van der Waals surface area contributed by atoms with E-state index in [1.54, 1.807) is 20.8 Å². The highest BCUT2D eigenvalue weighted by atomic mass is 16.3. The highest BCUT2D eigenvalue weighted by Gasteiger charge is 2.55. The Bertz CT molecular complexity index is 1210. The van der Waals surface area contributed by atoms with Gasteiger partial charge in [-0.2, -0.15) is 0 Å². The average Bonchev–Trinajstić information content (AvgIpc) is 2.98. The molecular formula is C26H25NO5. The molecule has 4 aliphatic rings. The summed E-state index contributed by atoms with van der Waals surface area (Å²) in [5, 5.41) is 10.3. The van der Waals surface area contributed by atoms with Crippen LogP contribution in [0.5, 0.6) is 5.75 Å². The highest BCUT2D eigenvalue weighted by molar-refractivity contribution is 6.23. The summed E-state index contributed by atoms with van der Waals surface area (Å²) in [4.78, 5) is 53.2. The number of imide groups is 1. The molecule has 164 valence electrons. The molecule has 1 aromatic rings. The summed E-state index contributed by atoms with van der Waals surface area (Å²) < 4.78 is 0. The molecule has 3 aliphatic carbocycles. The van der Waals surface area contributed by atoms with Crippen molar-refractivity contribution in [3.63, 3.8) is 0 Å². The van der Waals surface area contributed by atoms with Crippen molar-refractivity contribution in [1.29, 1.82) is 0 Å². The first kappa shape index (κ1) is 20.6. The van der Waals surface area contributed by atoms with Gasteiger partial charge in [-0.25, -0.2) is 0 Å². The number of aryl methyl sites for hydroxylation is 2. The number of benzene rings is 1. The number of allylic oxidation sites excluding steroid dienone is 6. The first-order valence-electron chi connectivity index (χ1n) is 10.9. The van der Waals surface area contributed by atoms with Crippen LogP contribution in [0.4, 0.5) is 0 Å². The van der Waals surface area contributed by atoms with E-state index in [-0.39, 0.29) is 41.5 Å². The van der Waals surface area contributed by atoms with Crippen molar-refractivity contribution in [2.24, 2.45) is 17.8 Å². The number of carbonyl (C=O) groups excluding carboxylic acids is 4. The zero-order chi connectivity index (χ0) is 23.1. The van der Waals surface area contributed by atoms with Crippen LogP contribution in [0.15, 0.2) is 46.6 Å². The molecule has 6 heteroatoms. The van der Waals surface area contributed by atoms with E-state index in [2.05, 4.69) is 0 Å². The number of likely N-dealkylation sites (tertiary alicyclic amines) is 1. The summed E-state index contributed by atoms with van der Waals surface area (Å²) in [7, 11) is 1.52. The molecule has 6 nitrogen and oxygen atoms in total. The monoisotopic (exact) mass is 431 g/mol. The van der Waals surface area contributed by atoms with Crippen molar-refractivity contribution in [2.75, 3.05) is 7.05 Å². The maximum Gasteiger partial charge on any atom is 0.233 e. The van der Waals surface area contributed by atoms with E-state index in [0.717, 1.165) is 11.1 Å². The van der Waals surface area contributed by atoms with Gasteiger partial charge in [-0.15, -0.1) is 0 Å². The van der Waals surface area contributed by atoms with Crippen LogP contribution in [0.1, 0.15) is 42.4 Å². The second-order valence-electron chi connectivity index (χ2n) is 9.47. The first-order valence-corrected chi connectivity index (χ1v) is 10.9. The minimum absolute atomic E-state index is 0.152. The number of hydrogen-bond acceptors (Lipinski definition) is 5. The molecule has 0 aromatic heterocycles. The van der Waals surface area contributed by atoms with Gasteiger partial charge in [0.2, 0.25) is 11.8 Å². The van der Waals surface area contributed by atoms with Crippen molar-refractivity contribution in [2.45, 2.75) is 39.5 Å². The maximum absolute atomic E-state index is 13.3. The topological polar surface area (TPSA) is 91.8 Å². The Labute approximate surface area is 186 Å². The van der Waals surface area contributed by atoms with Crippen LogP contribution in [0.25, 0.3) is 0 Å². The molecule has 1 N–H and O–H groups in total. The van der Waals surface area contributed by atoms with Gasteiger partial charge in [0.15, 0.2) is 11.6 Å². The Morgan fingerprint density at radius 1 is 0.969 bits per heavy atom. The number of fused-ring (bicyclic) bond motifs is 3. The fourth-order valence-corrected chi connectivity index (χ4v) is 6.05. The average molecular weight is 431 g/mol. The molecule has 1 aromatic carbocycles. The largest absolute Gasteiger partial charge is 0.507 e. The van der Waals surface area contributed by atoms with Crippen LogP contribution in [0.3, 0.4) is 0 Å². The van der Waals surface area contributed by atoms with Crippen LogP contribution < -0.4 is 0 Å². The molecule has 1 saturated heterocycles. The number of ketones is 2. The summed E-state index contributed by atoms with van der Waals surface area (Å²) in [6.07, 6.45) is 4.12. The molecule has 5 rings (SSSR count). The maximum atomic E-state index is 13.3. The minimum Gasteiger partial charge on any atom is -0.507 e. The fourth-order valence-electron chi connectivity index (χ4n) is 6.05. The van der Waals surface area contributed by atoms with Gasteiger partial charge in [-0.05, 0) is 62.3 Å². The number of carbonyl (C=O) groups is 4. The zero-order valence-corrected chi connectivity index (χ0v) is 18.6. The van der Waals surface area contributed by atoms with E-state index in [1.807, 2.05) is 18.2 Å². The van der Waals surface area contributed by atoms with Gasteiger partial charge in [0, 0.05) is 29.7 Å². The number of hydrogen-bond donors (Lipinski definition) is 1. The Morgan fingerprint density at radius 3 is 2.28 bits per heavy atom.